The number of carbonyl (C=O) groups excluding carboxylic acids is 1. The molecule has 238 valence electrons. The maximum absolute atomic E-state index is 14.1. The molecule has 8 nitrogen and oxygen atoms in total. The molecule has 0 radical (unpaired) electrons. The fourth-order valence-electron chi connectivity index (χ4n) is 6.74. The second-order valence-corrected chi connectivity index (χ2v) is 14.7. The Labute approximate surface area is 271 Å². The molecule has 0 aliphatic carbocycles. The molecule has 3 heterocycles. The van der Waals surface area contributed by atoms with Crippen LogP contribution in [0.25, 0.3) is 11.0 Å². The highest BCUT2D eigenvalue weighted by Gasteiger charge is 2.33. The zero-order chi connectivity index (χ0) is 32.6. The topological polar surface area (TPSA) is 98.1 Å². The molecule has 1 aliphatic rings. The van der Waals surface area contributed by atoms with Gasteiger partial charge >= 0.3 is 0 Å². The molecule has 5 aromatic rings. The van der Waals surface area contributed by atoms with E-state index < -0.39 is 10.0 Å². The second-order valence-electron chi connectivity index (χ2n) is 12.8. The summed E-state index contributed by atoms with van der Waals surface area (Å²) < 4.78 is 31.6. The predicted octanol–water partition coefficient (Wildman–Crippen LogP) is 6.49. The van der Waals surface area contributed by atoms with E-state index in [1.165, 1.54) is 0 Å². The molecule has 0 bridgehead atoms. The minimum absolute atomic E-state index is 0.104. The molecular weight excluding hydrogens is 595 g/mol. The SMILES string of the molecule is CCn1nnc2c(C)c([C@@H](CC(=O)Cc3cccnc3)c3ccc(C)c(CN4C[C@@H](C)Cc5ccc(C)cc5S4(=O)=O)c3)ccc21. The summed E-state index contributed by atoms with van der Waals surface area (Å²) in [5.74, 6) is 0.0291. The quantitative estimate of drug-likeness (QED) is 0.184. The largest absolute Gasteiger partial charge is 0.299 e. The highest BCUT2D eigenvalue weighted by Crippen LogP contribution is 2.36. The lowest BCUT2D eigenvalue weighted by Gasteiger charge is -2.25. The van der Waals surface area contributed by atoms with Crippen LogP contribution in [0.2, 0.25) is 0 Å². The molecule has 0 fully saturated rings. The average Bonchev–Trinajstić information content (AvgIpc) is 3.43. The van der Waals surface area contributed by atoms with Crippen LogP contribution in [0.1, 0.15) is 70.7 Å². The summed E-state index contributed by atoms with van der Waals surface area (Å²) >= 11 is 0. The lowest BCUT2D eigenvalue weighted by molar-refractivity contribution is -0.118. The molecule has 46 heavy (non-hydrogen) atoms. The first-order valence-corrected chi connectivity index (χ1v) is 17.4. The number of aryl methyl sites for hydroxylation is 4. The van der Waals surface area contributed by atoms with Gasteiger partial charge in [-0.2, -0.15) is 4.31 Å². The van der Waals surface area contributed by atoms with Crippen LogP contribution >= 0.6 is 0 Å². The van der Waals surface area contributed by atoms with Gasteiger partial charge in [-0.1, -0.05) is 54.6 Å². The Kier molecular flexibility index (Phi) is 8.90. The van der Waals surface area contributed by atoms with Gasteiger partial charge in [0.05, 0.1) is 10.4 Å². The molecule has 0 spiro atoms. The maximum Gasteiger partial charge on any atom is 0.243 e. The van der Waals surface area contributed by atoms with Crippen molar-refractivity contribution >= 4 is 26.8 Å². The Morgan fingerprint density at radius 3 is 2.63 bits per heavy atom. The van der Waals surface area contributed by atoms with Crippen molar-refractivity contribution in [3.63, 3.8) is 0 Å². The van der Waals surface area contributed by atoms with Crippen LogP contribution in [0.3, 0.4) is 0 Å². The van der Waals surface area contributed by atoms with Crippen LogP contribution < -0.4 is 0 Å². The van der Waals surface area contributed by atoms with E-state index in [1.54, 1.807) is 22.8 Å². The van der Waals surface area contributed by atoms with Crippen molar-refractivity contribution in [1.82, 2.24) is 24.3 Å². The number of aromatic nitrogens is 4. The van der Waals surface area contributed by atoms with Gasteiger partial charge in [0, 0.05) is 50.8 Å². The van der Waals surface area contributed by atoms with Gasteiger partial charge in [0.25, 0.3) is 0 Å². The van der Waals surface area contributed by atoms with E-state index in [9.17, 15) is 13.2 Å². The van der Waals surface area contributed by atoms with Crippen molar-refractivity contribution in [3.05, 3.63) is 118 Å². The summed E-state index contributed by atoms with van der Waals surface area (Å²) in [7, 11) is -3.70. The van der Waals surface area contributed by atoms with Crippen molar-refractivity contribution in [2.24, 2.45) is 5.92 Å². The van der Waals surface area contributed by atoms with E-state index in [-0.39, 0.29) is 30.6 Å². The Morgan fingerprint density at radius 2 is 1.87 bits per heavy atom. The number of hydrogen-bond donors (Lipinski definition) is 0. The van der Waals surface area contributed by atoms with E-state index in [4.69, 9.17) is 0 Å². The van der Waals surface area contributed by atoms with Crippen molar-refractivity contribution < 1.29 is 13.2 Å². The Balaban J connectivity index is 1.40. The predicted molar refractivity (Wildman–Crippen MR) is 180 cm³/mol. The van der Waals surface area contributed by atoms with Crippen LogP contribution in [0.15, 0.2) is 78.0 Å². The summed E-state index contributed by atoms with van der Waals surface area (Å²) in [6.45, 7) is 11.6. The first-order chi connectivity index (χ1) is 22.0. The molecule has 2 aromatic heterocycles. The number of rotatable bonds is 9. The third-order valence-corrected chi connectivity index (χ3v) is 11.2. The molecule has 1 aliphatic heterocycles. The van der Waals surface area contributed by atoms with Crippen molar-refractivity contribution in [3.8, 4) is 0 Å². The lowest BCUT2D eigenvalue weighted by Crippen LogP contribution is -2.33. The van der Waals surface area contributed by atoms with E-state index in [0.717, 1.165) is 62.0 Å². The van der Waals surface area contributed by atoms with Gasteiger partial charge in [-0.05, 0) is 103 Å². The molecule has 0 N–H and O–H groups in total. The number of carbonyl (C=O) groups is 1. The lowest BCUT2D eigenvalue weighted by atomic mass is 9.82. The van der Waals surface area contributed by atoms with Gasteiger partial charge in [0.2, 0.25) is 10.0 Å². The van der Waals surface area contributed by atoms with E-state index in [2.05, 4.69) is 46.5 Å². The van der Waals surface area contributed by atoms with Gasteiger partial charge in [-0.3, -0.25) is 9.78 Å². The van der Waals surface area contributed by atoms with Crippen molar-refractivity contribution in [1.29, 1.82) is 0 Å². The first kappa shape index (κ1) is 31.8. The molecule has 0 amide bonds. The van der Waals surface area contributed by atoms with Crippen LogP contribution in [0, 0.1) is 26.7 Å². The number of ketones is 1. The number of hydrogen-bond acceptors (Lipinski definition) is 6. The van der Waals surface area contributed by atoms with E-state index in [1.807, 2.05) is 62.7 Å². The van der Waals surface area contributed by atoms with Gasteiger partial charge in [0.15, 0.2) is 0 Å². The summed E-state index contributed by atoms with van der Waals surface area (Å²) in [6, 6.07) is 19.9. The molecule has 0 saturated carbocycles. The van der Waals surface area contributed by atoms with Gasteiger partial charge in [0.1, 0.15) is 11.3 Å². The van der Waals surface area contributed by atoms with E-state index in [0.29, 0.717) is 24.4 Å². The molecule has 0 unspecified atom stereocenters. The summed E-state index contributed by atoms with van der Waals surface area (Å²) in [6.07, 6.45) is 4.74. The van der Waals surface area contributed by atoms with Gasteiger partial charge < -0.3 is 0 Å². The van der Waals surface area contributed by atoms with Crippen LogP contribution in [-0.4, -0.2) is 45.0 Å². The molecule has 0 saturated heterocycles. The maximum atomic E-state index is 14.1. The number of sulfonamides is 1. The Bertz CT molecular complexity index is 2020. The third-order valence-electron chi connectivity index (χ3n) is 9.26. The van der Waals surface area contributed by atoms with E-state index >= 15 is 0 Å². The smallest absolute Gasteiger partial charge is 0.243 e. The fourth-order valence-corrected chi connectivity index (χ4v) is 8.60. The number of benzene rings is 3. The number of nitrogens with zero attached hydrogens (tertiary/aromatic N) is 5. The molecule has 2 atom stereocenters. The number of pyridine rings is 1. The minimum Gasteiger partial charge on any atom is -0.299 e. The monoisotopic (exact) mass is 635 g/mol. The Morgan fingerprint density at radius 1 is 1.04 bits per heavy atom. The van der Waals surface area contributed by atoms with Crippen LogP contribution in [0.4, 0.5) is 0 Å². The zero-order valence-electron chi connectivity index (χ0n) is 27.2. The normalized spacial score (nSPS) is 17.0. The summed E-state index contributed by atoms with van der Waals surface area (Å²) in [5, 5.41) is 8.82. The van der Waals surface area contributed by atoms with Crippen LogP contribution in [-0.2, 0) is 40.7 Å². The highest BCUT2D eigenvalue weighted by atomic mass is 32.2. The fraction of sp³-hybridized carbons (Fsp3) is 0.351. The number of Topliss-reactive ketones (excluding diaryl/α,β-unsaturated/α-hetero) is 1. The molecule has 6 rings (SSSR count). The van der Waals surface area contributed by atoms with Gasteiger partial charge in [-0.15, -0.1) is 5.10 Å². The highest BCUT2D eigenvalue weighted by molar-refractivity contribution is 7.89. The third kappa shape index (κ3) is 6.26. The molecular formula is C37H41N5O3S. The summed E-state index contributed by atoms with van der Waals surface area (Å²) in [5.41, 5.74) is 9.42. The second kappa shape index (κ2) is 12.9. The first-order valence-electron chi connectivity index (χ1n) is 16.0. The minimum atomic E-state index is -3.70. The zero-order valence-corrected chi connectivity index (χ0v) is 28.0. The standard InChI is InChI=1S/C37H41N5O3S/c1-6-42-35-14-13-33(27(5)37(35)39-40-42)34(20-32(43)18-28-8-7-15-38-21-28)29-12-10-26(4)31(19-29)23-41-22-25(3)16-30-11-9-24(2)17-36(30)46(41,44)45/h7-15,17,19,21,25,34H,6,16,18,20,22-23H2,1-5H3/t25-,34-/m0/s1. The summed E-state index contributed by atoms with van der Waals surface area (Å²) in [4.78, 5) is 18.2. The van der Waals surface area contributed by atoms with Gasteiger partial charge in [-0.25, -0.2) is 13.1 Å². The van der Waals surface area contributed by atoms with Crippen molar-refractivity contribution in [2.75, 3.05) is 6.54 Å². The van der Waals surface area contributed by atoms with Crippen LogP contribution in [0.5, 0.6) is 0 Å². The molecule has 3 aromatic carbocycles. The molecule has 9 heteroatoms. The van der Waals surface area contributed by atoms with Crippen molar-refractivity contribution in [2.45, 2.75) is 77.8 Å². The number of fused-ring (bicyclic) bond motifs is 2. The Hall–Kier alpha value is -4.21. The average molecular weight is 636 g/mol.